The first-order chi connectivity index (χ1) is 7.66. The number of aryl methyl sites for hydroxylation is 1. The predicted molar refractivity (Wildman–Crippen MR) is 61.6 cm³/mol. The highest BCUT2D eigenvalue weighted by molar-refractivity contribution is 5.64. The summed E-state index contributed by atoms with van der Waals surface area (Å²) in [5.74, 6) is 0. The second-order valence-corrected chi connectivity index (χ2v) is 3.79. The van der Waals surface area contributed by atoms with E-state index in [4.69, 9.17) is 0 Å². The number of halogens is 2. The second kappa shape index (κ2) is 4.44. The van der Waals surface area contributed by atoms with Gasteiger partial charge in [0.1, 0.15) is 0 Å². The minimum Gasteiger partial charge on any atom is -0.205 e. The summed E-state index contributed by atoms with van der Waals surface area (Å²) >= 11 is 0. The van der Waals surface area contributed by atoms with Gasteiger partial charge in [-0.05, 0) is 24.1 Å². The lowest BCUT2D eigenvalue weighted by Crippen LogP contribution is -1.85. The van der Waals surface area contributed by atoms with Crippen LogP contribution in [0.4, 0.5) is 8.78 Å². The molecule has 0 nitrogen and oxygen atoms in total. The van der Waals surface area contributed by atoms with Crippen molar-refractivity contribution in [3.63, 3.8) is 0 Å². The van der Waals surface area contributed by atoms with Gasteiger partial charge in [0.25, 0.3) is 6.43 Å². The Morgan fingerprint density at radius 3 is 2.19 bits per heavy atom. The first-order valence-electron chi connectivity index (χ1n) is 5.12. The fourth-order valence-electron chi connectivity index (χ4n) is 1.60. The summed E-state index contributed by atoms with van der Waals surface area (Å²) in [4.78, 5) is 0. The average Bonchev–Trinajstić information content (AvgIpc) is 2.30. The molecule has 0 aromatic heterocycles. The van der Waals surface area contributed by atoms with Gasteiger partial charge in [-0.15, -0.1) is 0 Å². The molecule has 0 saturated heterocycles. The third-order valence-electron chi connectivity index (χ3n) is 2.52. The Hall–Kier alpha value is -1.70. The van der Waals surface area contributed by atoms with Crippen LogP contribution in [0.25, 0.3) is 11.1 Å². The molecule has 0 radical (unpaired) electrons. The molecule has 0 amide bonds. The van der Waals surface area contributed by atoms with Gasteiger partial charge in [-0.1, -0.05) is 48.0 Å². The van der Waals surface area contributed by atoms with E-state index in [-0.39, 0.29) is 5.56 Å². The molecule has 0 spiro atoms. The molecular formula is C14H12F2. The van der Waals surface area contributed by atoms with Gasteiger partial charge in [0.15, 0.2) is 0 Å². The molecular weight excluding hydrogens is 206 g/mol. The zero-order valence-electron chi connectivity index (χ0n) is 8.95. The van der Waals surface area contributed by atoms with Gasteiger partial charge in [0, 0.05) is 5.56 Å². The molecule has 0 fully saturated rings. The summed E-state index contributed by atoms with van der Waals surface area (Å²) in [6.07, 6.45) is -2.41. The normalized spacial score (nSPS) is 10.8. The zero-order valence-corrected chi connectivity index (χ0v) is 8.95. The Balaban J connectivity index is 2.40. The quantitative estimate of drug-likeness (QED) is 0.691. The highest BCUT2D eigenvalue weighted by Gasteiger charge is 2.07. The molecule has 16 heavy (non-hydrogen) atoms. The van der Waals surface area contributed by atoms with Crippen LogP contribution in [0.15, 0.2) is 48.5 Å². The van der Waals surface area contributed by atoms with Crippen molar-refractivity contribution in [2.45, 2.75) is 13.3 Å². The molecule has 0 unspecified atom stereocenters. The number of alkyl halides is 2. The lowest BCUT2D eigenvalue weighted by atomic mass is 10.0. The first-order valence-corrected chi connectivity index (χ1v) is 5.12. The lowest BCUT2D eigenvalue weighted by molar-refractivity contribution is 0.151. The topological polar surface area (TPSA) is 0 Å². The third-order valence-corrected chi connectivity index (χ3v) is 2.52. The summed E-state index contributed by atoms with van der Waals surface area (Å²) in [5.41, 5.74) is 3.03. The minimum absolute atomic E-state index is 0.0677. The van der Waals surface area contributed by atoms with E-state index >= 15 is 0 Å². The van der Waals surface area contributed by atoms with E-state index in [9.17, 15) is 8.78 Å². The van der Waals surface area contributed by atoms with E-state index in [1.807, 2.05) is 37.3 Å². The number of hydrogen-bond donors (Lipinski definition) is 0. The summed E-state index contributed by atoms with van der Waals surface area (Å²) < 4.78 is 25.1. The van der Waals surface area contributed by atoms with E-state index in [2.05, 4.69) is 0 Å². The van der Waals surface area contributed by atoms with Crippen LogP contribution in [-0.4, -0.2) is 0 Å². The molecule has 2 aromatic rings. The standard InChI is InChI=1S/C14H12F2/c1-10-5-7-11(8-6-10)12-3-2-4-13(9-12)14(15)16/h2-9,14H,1H3. The van der Waals surface area contributed by atoms with Crippen molar-refractivity contribution in [2.75, 3.05) is 0 Å². The van der Waals surface area contributed by atoms with Crippen molar-refractivity contribution in [1.29, 1.82) is 0 Å². The van der Waals surface area contributed by atoms with Crippen LogP contribution in [0, 0.1) is 6.92 Å². The van der Waals surface area contributed by atoms with Crippen molar-refractivity contribution in [3.05, 3.63) is 59.7 Å². The first kappa shape index (κ1) is 10.8. The summed E-state index contributed by atoms with van der Waals surface area (Å²) in [6, 6.07) is 14.3. The molecule has 2 heteroatoms. The minimum atomic E-state index is -2.41. The van der Waals surface area contributed by atoms with E-state index in [1.165, 1.54) is 12.1 Å². The second-order valence-electron chi connectivity index (χ2n) is 3.79. The lowest BCUT2D eigenvalue weighted by Gasteiger charge is -2.05. The predicted octanol–water partition coefficient (Wildman–Crippen LogP) is 4.60. The molecule has 0 aliphatic carbocycles. The van der Waals surface area contributed by atoms with Crippen LogP contribution in [0.3, 0.4) is 0 Å². The van der Waals surface area contributed by atoms with Gasteiger partial charge < -0.3 is 0 Å². The molecule has 82 valence electrons. The van der Waals surface area contributed by atoms with Gasteiger partial charge in [-0.25, -0.2) is 8.78 Å². The van der Waals surface area contributed by atoms with E-state index in [1.54, 1.807) is 6.07 Å². The van der Waals surface area contributed by atoms with Crippen molar-refractivity contribution in [3.8, 4) is 11.1 Å². The molecule has 0 aliphatic rings. The maximum absolute atomic E-state index is 12.5. The average molecular weight is 218 g/mol. The SMILES string of the molecule is Cc1ccc(-c2cccc(C(F)F)c2)cc1. The Bertz CT molecular complexity index is 472. The Morgan fingerprint density at radius 1 is 0.875 bits per heavy atom. The van der Waals surface area contributed by atoms with Crippen LogP contribution < -0.4 is 0 Å². The molecule has 0 N–H and O–H groups in total. The van der Waals surface area contributed by atoms with Crippen LogP contribution >= 0.6 is 0 Å². The smallest absolute Gasteiger partial charge is 0.205 e. The van der Waals surface area contributed by atoms with Gasteiger partial charge in [0.2, 0.25) is 0 Å². The van der Waals surface area contributed by atoms with Crippen LogP contribution in [0.1, 0.15) is 17.6 Å². The summed E-state index contributed by atoms with van der Waals surface area (Å²) in [7, 11) is 0. The Kier molecular flexibility index (Phi) is 3.00. The fourth-order valence-corrected chi connectivity index (χ4v) is 1.60. The van der Waals surface area contributed by atoms with Gasteiger partial charge in [0.05, 0.1) is 0 Å². The third kappa shape index (κ3) is 2.27. The molecule has 0 bridgehead atoms. The van der Waals surface area contributed by atoms with E-state index < -0.39 is 6.43 Å². The van der Waals surface area contributed by atoms with Gasteiger partial charge in [-0.3, -0.25) is 0 Å². The number of benzene rings is 2. The van der Waals surface area contributed by atoms with Crippen molar-refractivity contribution < 1.29 is 8.78 Å². The zero-order chi connectivity index (χ0) is 11.5. The molecule has 0 heterocycles. The van der Waals surface area contributed by atoms with Crippen LogP contribution in [-0.2, 0) is 0 Å². The molecule has 2 aromatic carbocycles. The number of rotatable bonds is 2. The highest BCUT2D eigenvalue weighted by atomic mass is 19.3. The Morgan fingerprint density at radius 2 is 1.56 bits per heavy atom. The summed E-state index contributed by atoms with van der Waals surface area (Å²) in [6.45, 7) is 2.00. The van der Waals surface area contributed by atoms with Gasteiger partial charge >= 0.3 is 0 Å². The maximum atomic E-state index is 12.5. The fraction of sp³-hybridized carbons (Fsp3) is 0.143. The molecule has 0 saturated carbocycles. The van der Waals surface area contributed by atoms with Crippen molar-refractivity contribution in [2.24, 2.45) is 0 Å². The maximum Gasteiger partial charge on any atom is 0.263 e. The van der Waals surface area contributed by atoms with Crippen LogP contribution in [0.2, 0.25) is 0 Å². The largest absolute Gasteiger partial charge is 0.263 e. The van der Waals surface area contributed by atoms with E-state index in [0.29, 0.717) is 0 Å². The molecule has 0 aliphatic heterocycles. The van der Waals surface area contributed by atoms with Crippen LogP contribution in [0.5, 0.6) is 0 Å². The molecule has 0 atom stereocenters. The summed E-state index contributed by atoms with van der Waals surface area (Å²) in [5, 5.41) is 0. The number of hydrogen-bond acceptors (Lipinski definition) is 0. The monoisotopic (exact) mass is 218 g/mol. The highest BCUT2D eigenvalue weighted by Crippen LogP contribution is 2.25. The van der Waals surface area contributed by atoms with Crippen molar-refractivity contribution in [1.82, 2.24) is 0 Å². The molecule has 2 rings (SSSR count). The van der Waals surface area contributed by atoms with Gasteiger partial charge in [-0.2, -0.15) is 0 Å². The Labute approximate surface area is 93.5 Å². The van der Waals surface area contributed by atoms with Crippen molar-refractivity contribution >= 4 is 0 Å². The van der Waals surface area contributed by atoms with E-state index in [0.717, 1.165) is 16.7 Å².